The summed E-state index contributed by atoms with van der Waals surface area (Å²) in [5, 5.41) is 5.45. The third-order valence-corrected chi connectivity index (χ3v) is 3.98. The lowest BCUT2D eigenvalue weighted by molar-refractivity contribution is 0.0398. The first-order valence-corrected chi connectivity index (χ1v) is 7.03. The van der Waals surface area contributed by atoms with Gasteiger partial charge in [-0.25, -0.2) is 9.97 Å². The van der Waals surface area contributed by atoms with E-state index < -0.39 is 0 Å². The maximum Gasteiger partial charge on any atom is 0.147 e. The third kappa shape index (κ3) is 2.60. The summed E-state index contributed by atoms with van der Waals surface area (Å²) in [7, 11) is 0. The van der Waals surface area contributed by atoms with E-state index in [0.29, 0.717) is 0 Å². The fraction of sp³-hybridized carbons (Fsp3) is 0.500. The van der Waals surface area contributed by atoms with Crippen molar-refractivity contribution in [2.75, 3.05) is 44.7 Å². The highest BCUT2D eigenvalue weighted by atomic mass is 32.1. The molecule has 3 heterocycles. The number of fused-ring (bicyclic) bond motifs is 1. The highest BCUT2D eigenvalue weighted by Gasteiger charge is 2.10. The van der Waals surface area contributed by atoms with Gasteiger partial charge < -0.3 is 10.1 Å². The molecule has 1 aliphatic heterocycles. The molecule has 0 spiro atoms. The number of ether oxygens (including phenoxy) is 1. The van der Waals surface area contributed by atoms with Gasteiger partial charge in [-0.15, -0.1) is 11.3 Å². The molecular formula is C12H16N4OS. The van der Waals surface area contributed by atoms with E-state index in [9.17, 15) is 0 Å². The predicted octanol–water partition coefficient (Wildman–Crippen LogP) is 1.44. The van der Waals surface area contributed by atoms with Crippen LogP contribution in [0.3, 0.4) is 0 Å². The van der Waals surface area contributed by atoms with E-state index in [2.05, 4.69) is 20.2 Å². The molecule has 18 heavy (non-hydrogen) atoms. The van der Waals surface area contributed by atoms with Crippen molar-refractivity contribution in [3.8, 4) is 0 Å². The SMILES string of the molecule is c1nc(NCCN2CCOCC2)c2sccc2n1. The molecule has 2 aromatic heterocycles. The summed E-state index contributed by atoms with van der Waals surface area (Å²) in [6, 6.07) is 2.02. The molecule has 0 radical (unpaired) electrons. The van der Waals surface area contributed by atoms with Gasteiger partial charge >= 0.3 is 0 Å². The molecule has 0 aliphatic carbocycles. The van der Waals surface area contributed by atoms with Crippen molar-refractivity contribution >= 4 is 27.4 Å². The van der Waals surface area contributed by atoms with Crippen LogP contribution in [0.1, 0.15) is 0 Å². The minimum Gasteiger partial charge on any atom is -0.379 e. The number of rotatable bonds is 4. The van der Waals surface area contributed by atoms with E-state index in [-0.39, 0.29) is 0 Å². The largest absolute Gasteiger partial charge is 0.379 e. The molecule has 0 saturated carbocycles. The number of anilines is 1. The molecule has 0 atom stereocenters. The third-order valence-electron chi connectivity index (χ3n) is 3.07. The monoisotopic (exact) mass is 264 g/mol. The molecule has 1 aliphatic rings. The van der Waals surface area contributed by atoms with Crippen LogP contribution >= 0.6 is 11.3 Å². The quantitative estimate of drug-likeness (QED) is 0.905. The highest BCUT2D eigenvalue weighted by molar-refractivity contribution is 7.17. The second-order valence-electron chi connectivity index (χ2n) is 4.24. The number of thiophene rings is 1. The van der Waals surface area contributed by atoms with Crippen molar-refractivity contribution in [2.45, 2.75) is 0 Å². The van der Waals surface area contributed by atoms with Gasteiger partial charge in [0.2, 0.25) is 0 Å². The Labute approximate surface area is 110 Å². The minimum atomic E-state index is 0.850. The van der Waals surface area contributed by atoms with E-state index in [1.807, 2.05) is 11.4 Å². The second-order valence-corrected chi connectivity index (χ2v) is 5.15. The zero-order chi connectivity index (χ0) is 12.2. The van der Waals surface area contributed by atoms with Gasteiger partial charge in [0.15, 0.2) is 0 Å². The van der Waals surface area contributed by atoms with Crippen LogP contribution in [-0.2, 0) is 4.74 Å². The molecule has 0 amide bonds. The van der Waals surface area contributed by atoms with Crippen molar-refractivity contribution in [1.82, 2.24) is 14.9 Å². The number of hydrogen-bond acceptors (Lipinski definition) is 6. The van der Waals surface area contributed by atoms with Crippen molar-refractivity contribution in [3.63, 3.8) is 0 Å². The molecule has 6 heteroatoms. The topological polar surface area (TPSA) is 50.3 Å². The number of nitrogens with one attached hydrogen (secondary N) is 1. The van der Waals surface area contributed by atoms with Gasteiger partial charge in [0, 0.05) is 26.2 Å². The number of nitrogens with zero attached hydrogens (tertiary/aromatic N) is 3. The molecule has 1 saturated heterocycles. The number of aromatic nitrogens is 2. The van der Waals surface area contributed by atoms with Gasteiger partial charge in [-0.1, -0.05) is 0 Å². The van der Waals surface area contributed by atoms with Crippen LogP contribution < -0.4 is 5.32 Å². The smallest absolute Gasteiger partial charge is 0.147 e. The molecule has 5 nitrogen and oxygen atoms in total. The van der Waals surface area contributed by atoms with Gasteiger partial charge in [0.05, 0.1) is 23.4 Å². The van der Waals surface area contributed by atoms with Gasteiger partial charge in [-0.05, 0) is 11.4 Å². The number of hydrogen-bond donors (Lipinski definition) is 1. The van der Waals surface area contributed by atoms with Crippen LogP contribution in [0.15, 0.2) is 17.8 Å². The van der Waals surface area contributed by atoms with Crippen molar-refractivity contribution in [3.05, 3.63) is 17.8 Å². The molecule has 1 N–H and O–H groups in total. The Morgan fingerprint density at radius 1 is 1.33 bits per heavy atom. The maximum absolute atomic E-state index is 5.33. The Kier molecular flexibility index (Phi) is 3.68. The summed E-state index contributed by atoms with van der Waals surface area (Å²) in [4.78, 5) is 10.9. The van der Waals surface area contributed by atoms with Gasteiger partial charge in [-0.3, -0.25) is 4.90 Å². The van der Waals surface area contributed by atoms with E-state index >= 15 is 0 Å². The Morgan fingerprint density at radius 3 is 3.11 bits per heavy atom. The van der Waals surface area contributed by atoms with E-state index in [4.69, 9.17) is 4.74 Å². The predicted molar refractivity (Wildman–Crippen MR) is 73.2 cm³/mol. The van der Waals surface area contributed by atoms with Crippen LogP contribution in [0.2, 0.25) is 0 Å². The average Bonchev–Trinajstić information content (AvgIpc) is 2.89. The Bertz CT molecular complexity index is 510. The molecule has 3 rings (SSSR count). The fourth-order valence-electron chi connectivity index (χ4n) is 2.07. The van der Waals surface area contributed by atoms with Crippen LogP contribution in [0.4, 0.5) is 5.82 Å². The lowest BCUT2D eigenvalue weighted by Crippen LogP contribution is -2.39. The van der Waals surface area contributed by atoms with Crippen molar-refractivity contribution in [2.24, 2.45) is 0 Å². The lowest BCUT2D eigenvalue weighted by atomic mass is 10.4. The summed E-state index contributed by atoms with van der Waals surface area (Å²) in [5.74, 6) is 0.947. The normalized spacial score (nSPS) is 17.1. The summed E-state index contributed by atoms with van der Waals surface area (Å²) in [6.45, 7) is 5.69. The van der Waals surface area contributed by atoms with Crippen molar-refractivity contribution in [1.29, 1.82) is 0 Å². The van der Waals surface area contributed by atoms with E-state index in [0.717, 1.165) is 55.4 Å². The fourth-order valence-corrected chi connectivity index (χ4v) is 2.88. The Morgan fingerprint density at radius 2 is 2.22 bits per heavy atom. The second kappa shape index (κ2) is 5.60. The molecule has 96 valence electrons. The summed E-state index contributed by atoms with van der Waals surface area (Å²) in [6.07, 6.45) is 1.62. The standard InChI is InChI=1S/C12H16N4OS/c1-8-18-11-10(1)14-9-15-12(11)13-2-3-16-4-6-17-7-5-16/h1,8-9H,2-7H2,(H,13,14,15). The zero-order valence-corrected chi connectivity index (χ0v) is 10.9. The summed E-state index contributed by atoms with van der Waals surface area (Å²) >= 11 is 1.68. The molecule has 0 bridgehead atoms. The molecule has 0 unspecified atom stereocenters. The Balaban J connectivity index is 1.57. The first kappa shape index (κ1) is 11.8. The molecule has 1 fully saturated rings. The maximum atomic E-state index is 5.33. The van der Waals surface area contributed by atoms with Crippen LogP contribution in [0.5, 0.6) is 0 Å². The van der Waals surface area contributed by atoms with Crippen molar-refractivity contribution < 1.29 is 4.74 Å². The van der Waals surface area contributed by atoms with Gasteiger partial charge in [-0.2, -0.15) is 0 Å². The van der Waals surface area contributed by atoms with Crippen LogP contribution in [-0.4, -0.2) is 54.3 Å². The Hall–Kier alpha value is -1.24. The van der Waals surface area contributed by atoms with E-state index in [1.165, 1.54) is 0 Å². The van der Waals surface area contributed by atoms with E-state index in [1.54, 1.807) is 17.7 Å². The first-order valence-electron chi connectivity index (χ1n) is 6.16. The van der Waals surface area contributed by atoms with Gasteiger partial charge in [0.1, 0.15) is 12.1 Å². The number of morpholine rings is 1. The van der Waals surface area contributed by atoms with Gasteiger partial charge in [0.25, 0.3) is 0 Å². The molecular weight excluding hydrogens is 248 g/mol. The summed E-state index contributed by atoms with van der Waals surface area (Å²) < 4.78 is 6.47. The zero-order valence-electron chi connectivity index (χ0n) is 10.1. The minimum absolute atomic E-state index is 0.850. The average molecular weight is 264 g/mol. The van der Waals surface area contributed by atoms with Crippen LogP contribution in [0.25, 0.3) is 10.2 Å². The molecule has 2 aromatic rings. The lowest BCUT2D eigenvalue weighted by Gasteiger charge is -2.26. The first-order chi connectivity index (χ1) is 8.93. The molecule has 0 aromatic carbocycles. The summed E-state index contributed by atoms with van der Waals surface area (Å²) in [5.41, 5.74) is 1.02. The van der Waals surface area contributed by atoms with Crippen LogP contribution in [0, 0.1) is 0 Å². The highest BCUT2D eigenvalue weighted by Crippen LogP contribution is 2.24.